The lowest BCUT2D eigenvalue weighted by molar-refractivity contribution is 0.0975. The van der Waals surface area contributed by atoms with Crippen molar-refractivity contribution in [3.63, 3.8) is 0 Å². The standard InChI is InChI=1S/C13H18FNO/c1-2-3-4-5-6-7-13(16)11-8-9-15-10-12(11)14/h8-10H,2-7H2,1H3. The van der Waals surface area contributed by atoms with E-state index in [2.05, 4.69) is 11.9 Å². The van der Waals surface area contributed by atoms with E-state index in [-0.39, 0.29) is 11.3 Å². The molecule has 0 amide bonds. The van der Waals surface area contributed by atoms with Gasteiger partial charge in [0.15, 0.2) is 11.6 Å². The summed E-state index contributed by atoms with van der Waals surface area (Å²) in [5.41, 5.74) is 0.172. The molecule has 0 bridgehead atoms. The van der Waals surface area contributed by atoms with Crippen molar-refractivity contribution in [3.8, 4) is 0 Å². The van der Waals surface area contributed by atoms with E-state index in [0.29, 0.717) is 6.42 Å². The lowest BCUT2D eigenvalue weighted by atomic mass is 10.0. The van der Waals surface area contributed by atoms with Gasteiger partial charge in [-0.1, -0.05) is 32.6 Å². The van der Waals surface area contributed by atoms with E-state index in [9.17, 15) is 9.18 Å². The average Bonchev–Trinajstić information content (AvgIpc) is 2.29. The van der Waals surface area contributed by atoms with Gasteiger partial charge in [0.2, 0.25) is 0 Å². The van der Waals surface area contributed by atoms with Gasteiger partial charge < -0.3 is 0 Å². The first-order chi connectivity index (χ1) is 7.75. The van der Waals surface area contributed by atoms with Crippen LogP contribution in [-0.4, -0.2) is 10.8 Å². The molecule has 0 saturated carbocycles. The Morgan fingerprint density at radius 2 is 2.06 bits per heavy atom. The van der Waals surface area contributed by atoms with Gasteiger partial charge in [0.05, 0.1) is 11.8 Å². The Balaban J connectivity index is 2.33. The minimum absolute atomic E-state index is 0.114. The number of carbonyl (C=O) groups is 1. The maximum Gasteiger partial charge on any atom is 0.165 e. The lowest BCUT2D eigenvalue weighted by Crippen LogP contribution is -2.02. The molecule has 0 unspecified atom stereocenters. The SMILES string of the molecule is CCCCCCCC(=O)c1ccncc1F. The molecule has 0 fully saturated rings. The van der Waals surface area contributed by atoms with Crippen LogP contribution in [0, 0.1) is 5.82 Å². The molecule has 2 nitrogen and oxygen atoms in total. The number of nitrogens with zero attached hydrogens (tertiary/aromatic N) is 1. The number of pyridine rings is 1. The summed E-state index contributed by atoms with van der Waals surface area (Å²) in [5.74, 6) is -0.627. The van der Waals surface area contributed by atoms with E-state index in [4.69, 9.17) is 0 Å². The molecule has 1 aromatic heterocycles. The highest BCUT2D eigenvalue weighted by atomic mass is 19.1. The number of aromatic nitrogens is 1. The number of hydrogen-bond donors (Lipinski definition) is 0. The van der Waals surface area contributed by atoms with Crippen molar-refractivity contribution in [2.24, 2.45) is 0 Å². The zero-order valence-corrected chi connectivity index (χ0v) is 9.71. The third-order valence-corrected chi connectivity index (χ3v) is 2.58. The summed E-state index contributed by atoms with van der Waals surface area (Å²) in [5, 5.41) is 0. The summed E-state index contributed by atoms with van der Waals surface area (Å²) in [6.45, 7) is 2.15. The highest BCUT2D eigenvalue weighted by Gasteiger charge is 2.10. The molecule has 3 heteroatoms. The minimum Gasteiger partial charge on any atom is -0.294 e. The van der Waals surface area contributed by atoms with Gasteiger partial charge in [-0.25, -0.2) is 4.39 Å². The topological polar surface area (TPSA) is 30.0 Å². The number of Topliss-reactive ketones (excluding diaryl/α,β-unsaturated/α-hetero) is 1. The zero-order valence-electron chi connectivity index (χ0n) is 9.71. The molecule has 0 radical (unpaired) electrons. The molecule has 1 rings (SSSR count). The Hall–Kier alpha value is -1.25. The molecule has 0 spiro atoms. The minimum atomic E-state index is -0.513. The van der Waals surface area contributed by atoms with Gasteiger partial charge in [-0.2, -0.15) is 0 Å². The van der Waals surface area contributed by atoms with Crippen molar-refractivity contribution in [2.45, 2.75) is 45.4 Å². The summed E-state index contributed by atoms with van der Waals surface area (Å²) in [7, 11) is 0. The molecule has 0 aliphatic carbocycles. The summed E-state index contributed by atoms with van der Waals surface area (Å²) in [6, 6.07) is 1.45. The van der Waals surface area contributed by atoms with Crippen LogP contribution in [0.25, 0.3) is 0 Å². The number of rotatable bonds is 7. The van der Waals surface area contributed by atoms with Crippen LogP contribution in [0.3, 0.4) is 0 Å². The lowest BCUT2D eigenvalue weighted by Gasteiger charge is -2.02. The molecule has 0 aromatic carbocycles. The molecule has 1 aromatic rings. The van der Waals surface area contributed by atoms with E-state index in [1.165, 1.54) is 25.1 Å². The molecule has 1 heterocycles. The average molecular weight is 223 g/mol. The van der Waals surface area contributed by atoms with Crippen molar-refractivity contribution in [2.75, 3.05) is 0 Å². The number of carbonyl (C=O) groups excluding carboxylic acids is 1. The summed E-state index contributed by atoms with van der Waals surface area (Å²) in [6.07, 6.45) is 8.42. The van der Waals surface area contributed by atoms with Crippen LogP contribution in [0.2, 0.25) is 0 Å². The van der Waals surface area contributed by atoms with Gasteiger partial charge in [-0.3, -0.25) is 9.78 Å². The van der Waals surface area contributed by atoms with E-state index in [1.807, 2.05) is 0 Å². The Kier molecular flexibility index (Phi) is 5.68. The van der Waals surface area contributed by atoms with Crippen LogP contribution in [-0.2, 0) is 0 Å². The number of unbranched alkanes of at least 4 members (excludes halogenated alkanes) is 4. The third kappa shape index (κ3) is 4.09. The second-order valence-corrected chi connectivity index (χ2v) is 3.94. The smallest absolute Gasteiger partial charge is 0.165 e. The van der Waals surface area contributed by atoms with Gasteiger partial charge in [0, 0.05) is 12.6 Å². The first-order valence-electron chi connectivity index (χ1n) is 5.88. The normalized spacial score (nSPS) is 10.4. The number of halogens is 1. The monoisotopic (exact) mass is 223 g/mol. The van der Waals surface area contributed by atoms with Crippen LogP contribution in [0.15, 0.2) is 18.5 Å². The number of ketones is 1. The highest BCUT2D eigenvalue weighted by molar-refractivity contribution is 5.96. The van der Waals surface area contributed by atoms with Gasteiger partial charge in [0.1, 0.15) is 0 Å². The fourth-order valence-corrected chi connectivity index (χ4v) is 1.63. The Bertz CT molecular complexity index is 338. The Labute approximate surface area is 95.9 Å². The fraction of sp³-hybridized carbons (Fsp3) is 0.538. The van der Waals surface area contributed by atoms with E-state index in [0.717, 1.165) is 25.5 Å². The van der Waals surface area contributed by atoms with Gasteiger partial charge >= 0.3 is 0 Å². The molecule has 0 N–H and O–H groups in total. The van der Waals surface area contributed by atoms with Crippen molar-refractivity contribution in [3.05, 3.63) is 29.8 Å². The summed E-state index contributed by atoms with van der Waals surface area (Å²) < 4.78 is 13.2. The molecule has 16 heavy (non-hydrogen) atoms. The second-order valence-electron chi connectivity index (χ2n) is 3.94. The summed E-state index contributed by atoms with van der Waals surface area (Å²) >= 11 is 0. The molecule has 0 aliphatic heterocycles. The van der Waals surface area contributed by atoms with Gasteiger partial charge in [-0.15, -0.1) is 0 Å². The van der Waals surface area contributed by atoms with Crippen LogP contribution < -0.4 is 0 Å². The first-order valence-corrected chi connectivity index (χ1v) is 5.88. The molecule has 88 valence electrons. The predicted molar refractivity (Wildman–Crippen MR) is 61.9 cm³/mol. The quantitative estimate of drug-likeness (QED) is 0.520. The third-order valence-electron chi connectivity index (χ3n) is 2.58. The van der Waals surface area contributed by atoms with E-state index >= 15 is 0 Å². The fourth-order valence-electron chi connectivity index (χ4n) is 1.63. The van der Waals surface area contributed by atoms with Crippen LogP contribution >= 0.6 is 0 Å². The number of hydrogen-bond acceptors (Lipinski definition) is 2. The van der Waals surface area contributed by atoms with Gasteiger partial charge in [0.25, 0.3) is 0 Å². The van der Waals surface area contributed by atoms with Crippen LogP contribution in [0.1, 0.15) is 55.8 Å². The summed E-state index contributed by atoms with van der Waals surface area (Å²) in [4.78, 5) is 15.3. The Morgan fingerprint density at radius 3 is 2.75 bits per heavy atom. The predicted octanol–water partition coefficient (Wildman–Crippen LogP) is 3.76. The van der Waals surface area contributed by atoms with Gasteiger partial charge in [-0.05, 0) is 12.5 Å². The second kappa shape index (κ2) is 7.09. The van der Waals surface area contributed by atoms with Crippen molar-refractivity contribution in [1.82, 2.24) is 4.98 Å². The molecule has 0 aliphatic rings. The van der Waals surface area contributed by atoms with Crippen molar-refractivity contribution < 1.29 is 9.18 Å². The zero-order chi connectivity index (χ0) is 11.8. The van der Waals surface area contributed by atoms with Crippen molar-refractivity contribution in [1.29, 1.82) is 0 Å². The largest absolute Gasteiger partial charge is 0.294 e. The van der Waals surface area contributed by atoms with E-state index in [1.54, 1.807) is 0 Å². The Morgan fingerprint density at radius 1 is 1.31 bits per heavy atom. The van der Waals surface area contributed by atoms with Crippen LogP contribution in [0.5, 0.6) is 0 Å². The van der Waals surface area contributed by atoms with Crippen molar-refractivity contribution >= 4 is 5.78 Å². The maximum absolute atomic E-state index is 13.2. The highest BCUT2D eigenvalue weighted by Crippen LogP contribution is 2.11. The van der Waals surface area contributed by atoms with Crippen LogP contribution in [0.4, 0.5) is 4.39 Å². The molecule has 0 atom stereocenters. The molecular formula is C13H18FNO. The first kappa shape index (κ1) is 12.8. The molecule has 0 saturated heterocycles. The van der Waals surface area contributed by atoms with E-state index < -0.39 is 5.82 Å². The maximum atomic E-state index is 13.2. The molecular weight excluding hydrogens is 205 g/mol.